The zero-order valence-electron chi connectivity index (χ0n) is 18.5. The molecular weight excluding hydrogens is 394 g/mol. The van der Waals surface area contributed by atoms with Gasteiger partial charge < -0.3 is 19.0 Å². The van der Waals surface area contributed by atoms with Crippen LogP contribution in [0.5, 0.6) is 0 Å². The number of nitrogens with zero attached hydrogens (tertiary/aromatic N) is 5. The van der Waals surface area contributed by atoms with Crippen molar-refractivity contribution >= 4 is 34.0 Å². The number of carbonyl (C=O) groups is 1. The largest absolute Gasteiger partial charge is 0.443 e. The average Bonchev–Trinajstić information content (AvgIpc) is 3.27. The second-order valence-corrected chi connectivity index (χ2v) is 8.54. The van der Waals surface area contributed by atoms with Crippen LogP contribution in [0.3, 0.4) is 0 Å². The Hall–Kier alpha value is -3.39. The van der Waals surface area contributed by atoms with Crippen LogP contribution in [0.2, 0.25) is 0 Å². The number of imidazole rings is 1. The van der Waals surface area contributed by atoms with Crippen molar-refractivity contribution in [2.75, 3.05) is 18.6 Å². The number of rotatable bonds is 4. The molecule has 8 nitrogen and oxygen atoms in total. The SMILES string of the molecule is CN(C(=O)OC(C)(C)C)c1nc2c(cc(-c3ccccc3)n2CCO)c2c1ncn2C. The Morgan fingerprint density at radius 3 is 2.58 bits per heavy atom. The summed E-state index contributed by atoms with van der Waals surface area (Å²) in [7, 11) is 3.55. The molecule has 8 heteroatoms. The second-order valence-electron chi connectivity index (χ2n) is 8.54. The standard InChI is InChI=1S/C23H27N5O3/c1-23(2,3)31-22(30)27(5)21-18-19(26(4)14-24-18)16-13-17(15-9-7-6-8-10-15)28(11-12-29)20(16)25-21/h6-10,13-14,29H,11-12H2,1-5H3. The summed E-state index contributed by atoms with van der Waals surface area (Å²) >= 11 is 0. The molecule has 0 spiro atoms. The Labute approximate surface area is 180 Å². The van der Waals surface area contributed by atoms with E-state index in [2.05, 4.69) is 11.1 Å². The van der Waals surface area contributed by atoms with Crippen LogP contribution in [0.4, 0.5) is 10.6 Å². The van der Waals surface area contributed by atoms with E-state index in [1.807, 2.05) is 67.3 Å². The van der Waals surface area contributed by atoms with Gasteiger partial charge in [-0.1, -0.05) is 30.3 Å². The maximum Gasteiger partial charge on any atom is 0.415 e. The van der Waals surface area contributed by atoms with Crippen LogP contribution in [0.1, 0.15) is 20.8 Å². The summed E-state index contributed by atoms with van der Waals surface area (Å²) in [5.74, 6) is 0.411. The molecule has 3 heterocycles. The number of aromatic nitrogens is 4. The van der Waals surface area contributed by atoms with Crippen molar-refractivity contribution in [2.45, 2.75) is 32.9 Å². The molecule has 0 bridgehead atoms. The summed E-state index contributed by atoms with van der Waals surface area (Å²) in [4.78, 5) is 23.5. The highest BCUT2D eigenvalue weighted by Crippen LogP contribution is 2.35. The number of anilines is 1. The van der Waals surface area contributed by atoms with Crippen LogP contribution in [0.15, 0.2) is 42.7 Å². The maximum atomic E-state index is 12.8. The first-order valence-electron chi connectivity index (χ1n) is 10.2. The fraction of sp³-hybridized carbons (Fsp3) is 0.348. The maximum absolute atomic E-state index is 12.8. The molecule has 1 aromatic carbocycles. The van der Waals surface area contributed by atoms with Crippen molar-refractivity contribution in [3.8, 4) is 11.3 Å². The number of aliphatic hydroxyl groups is 1. The number of ether oxygens (including phenoxy) is 1. The summed E-state index contributed by atoms with van der Waals surface area (Å²) < 4.78 is 9.44. The molecule has 31 heavy (non-hydrogen) atoms. The molecule has 4 aromatic rings. The lowest BCUT2D eigenvalue weighted by molar-refractivity contribution is 0.0588. The molecule has 3 aromatic heterocycles. The predicted molar refractivity (Wildman–Crippen MR) is 121 cm³/mol. The van der Waals surface area contributed by atoms with Gasteiger partial charge in [0.25, 0.3) is 0 Å². The third kappa shape index (κ3) is 3.74. The minimum atomic E-state index is -0.629. The molecular formula is C23H27N5O3. The number of carbonyl (C=O) groups excluding carboxylic acids is 1. The molecule has 0 saturated heterocycles. The quantitative estimate of drug-likeness (QED) is 0.539. The summed E-state index contributed by atoms with van der Waals surface area (Å²) in [5.41, 5.74) is 3.49. The number of hydrogen-bond donors (Lipinski definition) is 1. The molecule has 1 N–H and O–H groups in total. The van der Waals surface area contributed by atoms with Crippen LogP contribution in [0.25, 0.3) is 33.3 Å². The number of aryl methyl sites for hydroxylation is 1. The van der Waals surface area contributed by atoms with Gasteiger partial charge in [0.2, 0.25) is 0 Å². The summed E-state index contributed by atoms with van der Waals surface area (Å²) in [6, 6.07) is 12.0. The van der Waals surface area contributed by atoms with Gasteiger partial charge in [-0.2, -0.15) is 0 Å². The number of amides is 1. The van der Waals surface area contributed by atoms with Crippen molar-refractivity contribution in [3.63, 3.8) is 0 Å². The number of fused-ring (bicyclic) bond motifs is 3. The van der Waals surface area contributed by atoms with E-state index in [4.69, 9.17) is 9.72 Å². The molecule has 4 rings (SSSR count). The molecule has 0 aliphatic heterocycles. The molecule has 0 aliphatic carbocycles. The van der Waals surface area contributed by atoms with Gasteiger partial charge in [-0.3, -0.25) is 4.90 Å². The topological polar surface area (TPSA) is 85.4 Å². The highest BCUT2D eigenvalue weighted by Gasteiger charge is 2.26. The minimum absolute atomic E-state index is 0.0358. The smallest absolute Gasteiger partial charge is 0.415 e. The molecule has 0 aliphatic rings. The predicted octanol–water partition coefficient (Wildman–Crippen LogP) is 3.95. The zero-order valence-corrected chi connectivity index (χ0v) is 18.5. The Bertz CT molecular complexity index is 1250. The van der Waals surface area contributed by atoms with Gasteiger partial charge in [0, 0.05) is 26.0 Å². The Balaban J connectivity index is 1.98. The summed E-state index contributed by atoms with van der Waals surface area (Å²) in [6.45, 7) is 5.81. The lowest BCUT2D eigenvalue weighted by Gasteiger charge is -2.24. The summed E-state index contributed by atoms with van der Waals surface area (Å²) in [5, 5.41) is 10.6. The van der Waals surface area contributed by atoms with Gasteiger partial charge in [0.1, 0.15) is 16.8 Å². The fourth-order valence-electron chi connectivity index (χ4n) is 3.72. The van der Waals surface area contributed by atoms with Crippen molar-refractivity contribution in [1.82, 2.24) is 19.1 Å². The Morgan fingerprint density at radius 1 is 1.23 bits per heavy atom. The molecule has 162 valence electrons. The Kier molecular flexibility index (Phi) is 5.18. The van der Waals surface area contributed by atoms with Gasteiger partial charge in [0.05, 0.1) is 24.1 Å². The monoisotopic (exact) mass is 421 g/mol. The average molecular weight is 422 g/mol. The van der Waals surface area contributed by atoms with Crippen LogP contribution in [0, 0.1) is 0 Å². The number of aliphatic hydroxyl groups excluding tert-OH is 1. The van der Waals surface area contributed by atoms with Crippen LogP contribution >= 0.6 is 0 Å². The highest BCUT2D eigenvalue weighted by molar-refractivity contribution is 6.10. The van der Waals surface area contributed by atoms with Gasteiger partial charge in [-0.05, 0) is 32.4 Å². The first-order chi connectivity index (χ1) is 14.7. The van der Waals surface area contributed by atoms with E-state index < -0.39 is 11.7 Å². The molecule has 1 amide bonds. The van der Waals surface area contributed by atoms with E-state index in [-0.39, 0.29) is 6.61 Å². The fourth-order valence-corrected chi connectivity index (χ4v) is 3.72. The van der Waals surface area contributed by atoms with Gasteiger partial charge >= 0.3 is 6.09 Å². The molecule has 0 saturated carbocycles. The van der Waals surface area contributed by atoms with E-state index in [0.717, 1.165) is 22.2 Å². The van der Waals surface area contributed by atoms with Gasteiger partial charge in [-0.15, -0.1) is 0 Å². The first-order valence-corrected chi connectivity index (χ1v) is 10.2. The van der Waals surface area contributed by atoms with Gasteiger partial charge in [0.15, 0.2) is 5.82 Å². The highest BCUT2D eigenvalue weighted by atomic mass is 16.6. The zero-order chi connectivity index (χ0) is 22.3. The second kappa shape index (κ2) is 7.70. The van der Waals surface area contributed by atoms with E-state index in [0.29, 0.717) is 23.5 Å². The van der Waals surface area contributed by atoms with E-state index in [1.54, 1.807) is 13.4 Å². The Morgan fingerprint density at radius 2 is 1.94 bits per heavy atom. The number of benzene rings is 1. The third-order valence-electron chi connectivity index (χ3n) is 5.06. The lowest BCUT2D eigenvalue weighted by atomic mass is 10.1. The molecule has 0 unspecified atom stereocenters. The third-order valence-corrected chi connectivity index (χ3v) is 5.06. The van der Waals surface area contributed by atoms with Crippen molar-refractivity contribution in [1.29, 1.82) is 0 Å². The summed E-state index contributed by atoms with van der Waals surface area (Å²) in [6.07, 6.45) is 1.21. The molecule has 0 fully saturated rings. The number of hydrogen-bond acceptors (Lipinski definition) is 5. The van der Waals surface area contributed by atoms with Crippen molar-refractivity contribution in [3.05, 3.63) is 42.7 Å². The normalized spacial score (nSPS) is 11.9. The minimum Gasteiger partial charge on any atom is -0.443 e. The van der Waals surface area contributed by atoms with E-state index >= 15 is 0 Å². The van der Waals surface area contributed by atoms with E-state index in [1.165, 1.54) is 4.90 Å². The molecule has 0 radical (unpaired) electrons. The van der Waals surface area contributed by atoms with Crippen LogP contribution in [-0.4, -0.2) is 49.6 Å². The first kappa shape index (κ1) is 20.9. The molecule has 0 atom stereocenters. The van der Waals surface area contributed by atoms with Gasteiger partial charge in [-0.25, -0.2) is 14.8 Å². The van der Waals surface area contributed by atoms with Crippen LogP contribution in [-0.2, 0) is 18.3 Å². The van der Waals surface area contributed by atoms with Crippen molar-refractivity contribution < 1.29 is 14.6 Å². The number of pyridine rings is 1. The van der Waals surface area contributed by atoms with Crippen molar-refractivity contribution in [2.24, 2.45) is 7.05 Å². The van der Waals surface area contributed by atoms with E-state index in [9.17, 15) is 9.90 Å². The van der Waals surface area contributed by atoms with Crippen LogP contribution < -0.4 is 4.90 Å². The lowest BCUT2D eigenvalue weighted by Crippen LogP contribution is -2.34.